The molecule has 0 radical (unpaired) electrons. The van der Waals surface area contributed by atoms with Gasteiger partial charge in [0.25, 0.3) is 0 Å². The smallest absolute Gasteiger partial charge is 0.0507 e. The summed E-state index contributed by atoms with van der Waals surface area (Å²) >= 11 is 0. The van der Waals surface area contributed by atoms with E-state index in [-0.39, 0.29) is 0 Å². The number of hydrogen-bond donors (Lipinski definition) is 0. The fraction of sp³-hybridized carbons (Fsp3) is 1.00. The normalized spacial score (nSPS) is 43.7. The molecule has 52 valence electrons. The molecule has 0 aromatic rings. The maximum atomic E-state index is 2.54. The van der Waals surface area contributed by atoms with E-state index in [0.717, 1.165) is 6.04 Å². The first-order valence-electron chi connectivity index (χ1n) is 3.79. The van der Waals surface area contributed by atoms with Crippen LogP contribution >= 0.6 is 0 Å². The second-order valence-corrected chi connectivity index (χ2v) is 3.27. The van der Waals surface area contributed by atoms with E-state index < -0.39 is 0 Å². The van der Waals surface area contributed by atoms with Crippen molar-refractivity contribution in [3.8, 4) is 0 Å². The van der Waals surface area contributed by atoms with E-state index in [1.54, 1.807) is 0 Å². The van der Waals surface area contributed by atoms with Gasteiger partial charge in [0.15, 0.2) is 0 Å². The SMILES string of the molecule is CN1CN2CCC[C@@H]1C2. The Balaban J connectivity index is 2.07. The number of hydrogen-bond acceptors (Lipinski definition) is 2. The van der Waals surface area contributed by atoms with E-state index >= 15 is 0 Å². The molecule has 2 aliphatic heterocycles. The Morgan fingerprint density at radius 3 is 3.00 bits per heavy atom. The molecule has 2 bridgehead atoms. The van der Waals surface area contributed by atoms with Crippen LogP contribution in [0.15, 0.2) is 0 Å². The molecule has 0 aromatic carbocycles. The highest BCUT2D eigenvalue weighted by Gasteiger charge is 2.30. The first-order valence-corrected chi connectivity index (χ1v) is 3.79. The average Bonchev–Trinajstić information content (AvgIpc) is 2.09. The summed E-state index contributed by atoms with van der Waals surface area (Å²) in [5, 5.41) is 0. The molecule has 0 aromatic heterocycles. The maximum absolute atomic E-state index is 2.54. The third-order valence-electron chi connectivity index (χ3n) is 2.53. The van der Waals surface area contributed by atoms with Crippen LogP contribution in [0.2, 0.25) is 0 Å². The Labute approximate surface area is 56.4 Å². The molecule has 0 saturated carbocycles. The molecule has 0 N–H and O–H groups in total. The molecular weight excluding hydrogens is 112 g/mol. The van der Waals surface area contributed by atoms with E-state index in [1.165, 1.54) is 32.6 Å². The minimum Gasteiger partial charge on any atom is -0.289 e. The van der Waals surface area contributed by atoms with E-state index in [4.69, 9.17) is 0 Å². The van der Waals surface area contributed by atoms with Gasteiger partial charge in [0.2, 0.25) is 0 Å². The van der Waals surface area contributed by atoms with Crippen molar-refractivity contribution in [2.24, 2.45) is 0 Å². The first-order chi connectivity index (χ1) is 4.36. The molecule has 2 rings (SSSR count). The minimum absolute atomic E-state index is 0.888. The monoisotopic (exact) mass is 126 g/mol. The summed E-state index contributed by atoms with van der Waals surface area (Å²) < 4.78 is 0. The summed E-state index contributed by atoms with van der Waals surface area (Å²) in [5.74, 6) is 0. The predicted molar refractivity (Wildman–Crippen MR) is 37.2 cm³/mol. The van der Waals surface area contributed by atoms with Gasteiger partial charge in [-0.05, 0) is 26.4 Å². The highest BCUT2D eigenvalue weighted by Crippen LogP contribution is 2.20. The lowest BCUT2D eigenvalue weighted by atomic mass is 10.1. The van der Waals surface area contributed by atoms with Crippen molar-refractivity contribution >= 4 is 0 Å². The van der Waals surface area contributed by atoms with Gasteiger partial charge in [-0.1, -0.05) is 0 Å². The highest BCUT2D eigenvalue weighted by atomic mass is 15.4. The summed E-state index contributed by atoms with van der Waals surface area (Å²) in [4.78, 5) is 5.00. The molecule has 0 spiro atoms. The molecule has 2 nitrogen and oxygen atoms in total. The average molecular weight is 126 g/mol. The predicted octanol–water partition coefficient (Wildman–Crippen LogP) is 0.354. The van der Waals surface area contributed by atoms with E-state index in [2.05, 4.69) is 16.8 Å². The van der Waals surface area contributed by atoms with Crippen molar-refractivity contribution in [2.75, 3.05) is 26.8 Å². The van der Waals surface area contributed by atoms with Gasteiger partial charge in [0, 0.05) is 12.6 Å². The van der Waals surface area contributed by atoms with E-state index in [1.807, 2.05) is 0 Å². The maximum Gasteiger partial charge on any atom is 0.0507 e. The van der Waals surface area contributed by atoms with Gasteiger partial charge in [0.05, 0.1) is 6.67 Å². The van der Waals surface area contributed by atoms with Gasteiger partial charge in [-0.25, -0.2) is 0 Å². The molecule has 9 heavy (non-hydrogen) atoms. The van der Waals surface area contributed by atoms with Crippen molar-refractivity contribution in [3.05, 3.63) is 0 Å². The second-order valence-electron chi connectivity index (χ2n) is 3.27. The van der Waals surface area contributed by atoms with Crippen LogP contribution < -0.4 is 0 Å². The van der Waals surface area contributed by atoms with Crippen molar-refractivity contribution in [3.63, 3.8) is 0 Å². The second kappa shape index (κ2) is 1.96. The largest absolute Gasteiger partial charge is 0.289 e. The molecule has 2 fully saturated rings. The van der Waals surface area contributed by atoms with Crippen molar-refractivity contribution in [2.45, 2.75) is 18.9 Å². The quantitative estimate of drug-likeness (QED) is 0.462. The molecular formula is C7H14N2. The van der Waals surface area contributed by atoms with Gasteiger partial charge in [0.1, 0.15) is 0 Å². The van der Waals surface area contributed by atoms with E-state index in [0.29, 0.717) is 0 Å². The zero-order chi connectivity index (χ0) is 6.27. The fourth-order valence-electron chi connectivity index (χ4n) is 1.95. The first kappa shape index (κ1) is 5.69. The zero-order valence-corrected chi connectivity index (χ0v) is 6.01. The molecule has 2 heterocycles. The minimum atomic E-state index is 0.888. The van der Waals surface area contributed by atoms with Crippen LogP contribution in [0.25, 0.3) is 0 Å². The Bertz CT molecular complexity index is 111. The fourth-order valence-corrected chi connectivity index (χ4v) is 1.95. The molecule has 2 heteroatoms. The number of nitrogens with zero attached hydrogens (tertiary/aromatic N) is 2. The third-order valence-corrected chi connectivity index (χ3v) is 2.53. The van der Waals surface area contributed by atoms with Crippen LogP contribution in [0.5, 0.6) is 0 Å². The number of rotatable bonds is 0. The third kappa shape index (κ3) is 0.864. The van der Waals surface area contributed by atoms with Gasteiger partial charge in [-0.2, -0.15) is 0 Å². The van der Waals surface area contributed by atoms with E-state index in [9.17, 15) is 0 Å². The Kier molecular flexibility index (Phi) is 1.24. The molecule has 2 saturated heterocycles. The molecule has 1 unspecified atom stereocenters. The van der Waals surface area contributed by atoms with Crippen LogP contribution in [-0.4, -0.2) is 42.6 Å². The van der Waals surface area contributed by atoms with Gasteiger partial charge in [-0.15, -0.1) is 0 Å². The topological polar surface area (TPSA) is 6.48 Å². The summed E-state index contributed by atoms with van der Waals surface area (Å²) in [7, 11) is 2.23. The molecule has 2 aliphatic rings. The molecule has 2 atom stereocenters. The standard InChI is InChI=1S/C7H14N2/c1-8-6-9-4-2-3-7(8)5-9/h7H,2-6H2,1H3/t7-/m1/s1. The Hall–Kier alpha value is -0.0800. The lowest BCUT2D eigenvalue weighted by Crippen LogP contribution is -2.29. The van der Waals surface area contributed by atoms with Crippen LogP contribution in [0.4, 0.5) is 0 Å². The summed E-state index contributed by atoms with van der Waals surface area (Å²) in [6.45, 7) is 3.88. The lowest BCUT2D eigenvalue weighted by molar-refractivity contribution is 0.285. The zero-order valence-electron chi connectivity index (χ0n) is 6.01. The lowest BCUT2D eigenvalue weighted by Gasteiger charge is -2.20. The van der Waals surface area contributed by atoms with Crippen molar-refractivity contribution in [1.29, 1.82) is 0 Å². The van der Waals surface area contributed by atoms with Crippen LogP contribution in [0.1, 0.15) is 12.8 Å². The van der Waals surface area contributed by atoms with Crippen LogP contribution in [0, 0.1) is 0 Å². The summed E-state index contributed by atoms with van der Waals surface area (Å²) in [6.07, 6.45) is 2.84. The molecule has 0 aliphatic carbocycles. The Morgan fingerprint density at radius 1 is 1.44 bits per heavy atom. The van der Waals surface area contributed by atoms with Crippen molar-refractivity contribution in [1.82, 2.24) is 9.80 Å². The van der Waals surface area contributed by atoms with Gasteiger partial charge < -0.3 is 0 Å². The number of fused-ring (bicyclic) bond motifs is 2. The molecule has 0 amide bonds. The van der Waals surface area contributed by atoms with Crippen LogP contribution in [-0.2, 0) is 0 Å². The van der Waals surface area contributed by atoms with Crippen molar-refractivity contribution < 1.29 is 0 Å². The number of piperidine rings is 1. The highest BCUT2D eigenvalue weighted by molar-refractivity contribution is 4.84. The Morgan fingerprint density at radius 2 is 2.33 bits per heavy atom. The summed E-state index contributed by atoms with van der Waals surface area (Å²) in [5.41, 5.74) is 0. The summed E-state index contributed by atoms with van der Waals surface area (Å²) in [6, 6.07) is 0.888. The number of likely N-dealkylation sites (N-methyl/N-ethyl adjacent to an activating group) is 1. The van der Waals surface area contributed by atoms with Gasteiger partial charge >= 0.3 is 0 Å². The van der Waals surface area contributed by atoms with Gasteiger partial charge in [-0.3, -0.25) is 9.80 Å². The van der Waals surface area contributed by atoms with Crippen LogP contribution in [0.3, 0.4) is 0 Å².